The molecule has 3 aromatic carbocycles. The summed E-state index contributed by atoms with van der Waals surface area (Å²) in [5.41, 5.74) is 1.71. The summed E-state index contributed by atoms with van der Waals surface area (Å²) in [4.78, 5) is 28.9. The Balaban J connectivity index is 1.81. The molecular weight excluding hydrogens is 378 g/mol. The Hall–Kier alpha value is -2.82. The van der Waals surface area contributed by atoms with E-state index in [-0.39, 0.29) is 11.8 Å². The van der Waals surface area contributed by atoms with Gasteiger partial charge in [0.25, 0.3) is 11.8 Å². The number of hydrogen-bond acceptors (Lipinski definition) is 3. The molecule has 2 amide bonds. The van der Waals surface area contributed by atoms with Gasteiger partial charge in [-0.05, 0) is 42.0 Å². The van der Waals surface area contributed by atoms with Crippen molar-refractivity contribution in [1.29, 1.82) is 0 Å². The number of benzene rings is 3. The van der Waals surface area contributed by atoms with E-state index in [9.17, 15) is 9.59 Å². The molecule has 0 saturated carbocycles. The highest BCUT2D eigenvalue weighted by Crippen LogP contribution is 2.41. The monoisotopic (exact) mass is 391 g/mol. The predicted octanol–water partition coefficient (Wildman–Crippen LogP) is 5.42. The summed E-state index contributed by atoms with van der Waals surface area (Å²) in [5.74, 6) is -0.626. The van der Waals surface area contributed by atoms with Crippen molar-refractivity contribution in [3.05, 3.63) is 100 Å². The lowest BCUT2D eigenvalue weighted by molar-refractivity contribution is -0.119. The highest BCUT2D eigenvalue weighted by molar-refractivity contribution is 8.04. The van der Waals surface area contributed by atoms with Crippen LogP contribution in [0.15, 0.2) is 94.7 Å². The third-order valence-electron chi connectivity index (χ3n) is 4.15. The Morgan fingerprint density at radius 2 is 1.30 bits per heavy atom. The van der Waals surface area contributed by atoms with Crippen LogP contribution in [0.25, 0.3) is 5.57 Å². The van der Waals surface area contributed by atoms with Gasteiger partial charge in [0.2, 0.25) is 0 Å². The van der Waals surface area contributed by atoms with Gasteiger partial charge in [0.15, 0.2) is 0 Å². The molecule has 27 heavy (non-hydrogen) atoms. The summed E-state index contributed by atoms with van der Waals surface area (Å²) in [7, 11) is 0. The largest absolute Gasteiger partial charge is 0.272 e. The standard InChI is InChI=1S/C22H14ClNO2S/c23-16-11-13-18(14-12-16)27-20-19(15-7-3-1-4-8-15)21(25)24(22(20)26)17-9-5-2-6-10-17/h1-14H. The SMILES string of the molecule is O=C1C(Sc2ccc(Cl)cc2)=C(c2ccccc2)C(=O)N1c1ccccc1. The van der Waals surface area contributed by atoms with Gasteiger partial charge >= 0.3 is 0 Å². The summed E-state index contributed by atoms with van der Waals surface area (Å²) in [5, 5.41) is 0.622. The number of anilines is 1. The smallest absolute Gasteiger partial charge is 0.268 e. The van der Waals surface area contributed by atoms with Crippen molar-refractivity contribution in [2.45, 2.75) is 4.90 Å². The Bertz CT molecular complexity index is 1030. The quantitative estimate of drug-likeness (QED) is 0.557. The lowest BCUT2D eigenvalue weighted by Crippen LogP contribution is -2.31. The number of amides is 2. The molecule has 132 valence electrons. The van der Waals surface area contributed by atoms with Gasteiger partial charge in [-0.3, -0.25) is 9.59 Å². The average molecular weight is 392 g/mol. The summed E-state index contributed by atoms with van der Waals surface area (Å²) in [6, 6.07) is 25.5. The second kappa shape index (κ2) is 7.43. The maximum Gasteiger partial charge on any atom is 0.272 e. The molecule has 0 aromatic heterocycles. The van der Waals surface area contributed by atoms with E-state index < -0.39 is 0 Å². The first-order chi connectivity index (χ1) is 13.1. The molecule has 0 unspecified atom stereocenters. The van der Waals surface area contributed by atoms with Crippen molar-refractivity contribution >= 4 is 46.4 Å². The second-order valence-electron chi connectivity index (χ2n) is 5.91. The van der Waals surface area contributed by atoms with E-state index in [1.807, 2.05) is 60.7 Å². The lowest BCUT2D eigenvalue weighted by atomic mass is 10.1. The Labute approximate surface area is 166 Å². The molecule has 0 fully saturated rings. The van der Waals surface area contributed by atoms with E-state index in [2.05, 4.69) is 0 Å². The molecule has 0 N–H and O–H groups in total. The minimum absolute atomic E-state index is 0.311. The fraction of sp³-hybridized carbons (Fsp3) is 0. The zero-order chi connectivity index (χ0) is 18.8. The molecule has 0 saturated heterocycles. The first kappa shape index (κ1) is 17.6. The molecule has 3 aromatic rings. The van der Waals surface area contributed by atoms with Gasteiger partial charge in [-0.25, -0.2) is 4.90 Å². The van der Waals surface area contributed by atoms with E-state index in [4.69, 9.17) is 11.6 Å². The Morgan fingerprint density at radius 1 is 0.704 bits per heavy atom. The molecule has 4 rings (SSSR count). The summed E-state index contributed by atoms with van der Waals surface area (Å²) < 4.78 is 0. The molecule has 0 radical (unpaired) electrons. The van der Waals surface area contributed by atoms with Crippen LogP contribution < -0.4 is 4.90 Å². The summed E-state index contributed by atoms with van der Waals surface area (Å²) >= 11 is 7.24. The first-order valence-corrected chi connectivity index (χ1v) is 9.51. The van der Waals surface area contributed by atoms with Crippen molar-refractivity contribution < 1.29 is 9.59 Å². The second-order valence-corrected chi connectivity index (χ2v) is 7.43. The molecule has 3 nitrogen and oxygen atoms in total. The van der Waals surface area contributed by atoms with Gasteiger partial charge < -0.3 is 0 Å². The summed E-state index contributed by atoms with van der Waals surface area (Å²) in [6.45, 7) is 0. The number of hydrogen-bond donors (Lipinski definition) is 0. The third kappa shape index (κ3) is 3.42. The van der Waals surface area contributed by atoms with Crippen LogP contribution >= 0.6 is 23.4 Å². The van der Waals surface area contributed by atoms with Gasteiger partial charge in [0.05, 0.1) is 16.2 Å². The number of carbonyl (C=O) groups is 2. The van der Waals surface area contributed by atoms with E-state index in [0.29, 0.717) is 21.2 Å². The van der Waals surface area contributed by atoms with Crippen LogP contribution in [-0.2, 0) is 9.59 Å². The van der Waals surface area contributed by atoms with Crippen molar-refractivity contribution in [2.24, 2.45) is 0 Å². The number of imide groups is 1. The maximum absolute atomic E-state index is 13.2. The number of carbonyl (C=O) groups excluding carboxylic acids is 2. The molecule has 0 spiro atoms. The molecule has 1 aliphatic heterocycles. The highest BCUT2D eigenvalue weighted by Gasteiger charge is 2.40. The number of nitrogens with zero attached hydrogens (tertiary/aromatic N) is 1. The first-order valence-electron chi connectivity index (χ1n) is 8.32. The van der Waals surface area contributed by atoms with Crippen LogP contribution in [-0.4, -0.2) is 11.8 Å². The molecule has 1 heterocycles. The molecule has 0 bridgehead atoms. The normalized spacial score (nSPS) is 14.2. The zero-order valence-electron chi connectivity index (χ0n) is 14.1. The van der Waals surface area contributed by atoms with E-state index in [0.717, 1.165) is 10.5 Å². The number of thioether (sulfide) groups is 1. The van der Waals surface area contributed by atoms with Gasteiger partial charge in [-0.2, -0.15) is 0 Å². The van der Waals surface area contributed by atoms with Crippen LogP contribution in [0.3, 0.4) is 0 Å². The molecule has 5 heteroatoms. The van der Waals surface area contributed by atoms with Crippen LogP contribution in [0.4, 0.5) is 5.69 Å². The third-order valence-corrected chi connectivity index (χ3v) is 5.49. The average Bonchev–Trinajstić information content (AvgIpc) is 2.95. The van der Waals surface area contributed by atoms with Gasteiger partial charge in [0.1, 0.15) is 0 Å². The van der Waals surface area contributed by atoms with Gasteiger partial charge in [0, 0.05) is 9.92 Å². The van der Waals surface area contributed by atoms with Crippen LogP contribution in [0.1, 0.15) is 5.56 Å². The number of rotatable bonds is 4. The van der Waals surface area contributed by atoms with Crippen LogP contribution in [0.5, 0.6) is 0 Å². The molecule has 0 atom stereocenters. The zero-order valence-corrected chi connectivity index (χ0v) is 15.7. The lowest BCUT2D eigenvalue weighted by Gasteiger charge is -2.14. The van der Waals surface area contributed by atoms with Crippen molar-refractivity contribution in [2.75, 3.05) is 4.90 Å². The fourth-order valence-electron chi connectivity index (χ4n) is 2.90. The number of para-hydroxylation sites is 1. The fourth-order valence-corrected chi connectivity index (χ4v) is 4.02. The topological polar surface area (TPSA) is 37.4 Å². The van der Waals surface area contributed by atoms with Gasteiger partial charge in [-0.1, -0.05) is 71.9 Å². The van der Waals surface area contributed by atoms with Crippen LogP contribution in [0, 0.1) is 0 Å². The summed E-state index contributed by atoms with van der Waals surface area (Å²) in [6.07, 6.45) is 0. The van der Waals surface area contributed by atoms with Crippen molar-refractivity contribution in [3.8, 4) is 0 Å². The highest BCUT2D eigenvalue weighted by atomic mass is 35.5. The van der Waals surface area contributed by atoms with Crippen LogP contribution in [0.2, 0.25) is 5.02 Å². The molecular formula is C22H14ClNO2S. The minimum atomic E-state index is -0.315. The Morgan fingerprint density at radius 3 is 1.93 bits per heavy atom. The predicted molar refractivity (Wildman–Crippen MR) is 110 cm³/mol. The van der Waals surface area contributed by atoms with E-state index in [1.165, 1.54) is 16.7 Å². The number of halogens is 1. The van der Waals surface area contributed by atoms with Crippen molar-refractivity contribution in [3.63, 3.8) is 0 Å². The van der Waals surface area contributed by atoms with Crippen molar-refractivity contribution in [1.82, 2.24) is 0 Å². The van der Waals surface area contributed by atoms with Gasteiger partial charge in [-0.15, -0.1) is 0 Å². The molecule has 0 aliphatic carbocycles. The maximum atomic E-state index is 13.2. The molecule has 1 aliphatic rings. The Kier molecular flexibility index (Phi) is 4.84. The minimum Gasteiger partial charge on any atom is -0.268 e. The van der Waals surface area contributed by atoms with E-state index >= 15 is 0 Å². The van der Waals surface area contributed by atoms with E-state index in [1.54, 1.807) is 24.3 Å².